The van der Waals surface area contributed by atoms with Crippen molar-refractivity contribution in [1.29, 1.82) is 0 Å². The van der Waals surface area contributed by atoms with Crippen molar-refractivity contribution >= 4 is 11.6 Å². The second-order valence-electron chi connectivity index (χ2n) is 7.03. The van der Waals surface area contributed by atoms with Crippen LogP contribution in [-0.2, 0) is 4.79 Å². The molecule has 1 atom stereocenters. The molecule has 5 heteroatoms. The summed E-state index contributed by atoms with van der Waals surface area (Å²) >= 11 is 0. The minimum absolute atomic E-state index is 0.0535. The molecule has 0 bridgehead atoms. The number of methoxy groups -OCH3 is 1. The minimum atomic E-state index is -0.246. The molecule has 1 fully saturated rings. The fourth-order valence-electron chi connectivity index (χ4n) is 3.19. The Balaban J connectivity index is 1.81. The Labute approximate surface area is 138 Å². The van der Waals surface area contributed by atoms with Crippen LogP contribution in [0.4, 0.5) is 0 Å². The molecule has 0 radical (unpaired) electrons. The van der Waals surface area contributed by atoms with E-state index in [-0.39, 0.29) is 17.9 Å². The highest BCUT2D eigenvalue weighted by atomic mass is 16.5. The van der Waals surface area contributed by atoms with Gasteiger partial charge in [-0.05, 0) is 54.9 Å². The van der Waals surface area contributed by atoms with Gasteiger partial charge in [0, 0.05) is 5.71 Å². The Bertz CT molecular complexity index is 564. The predicted molar refractivity (Wildman–Crippen MR) is 90.9 cm³/mol. The molecule has 1 N–H and O–H groups in total. The van der Waals surface area contributed by atoms with Crippen LogP contribution in [0.15, 0.2) is 29.4 Å². The first kappa shape index (κ1) is 17.3. The van der Waals surface area contributed by atoms with Gasteiger partial charge in [-0.3, -0.25) is 4.79 Å². The molecule has 1 aromatic rings. The maximum absolute atomic E-state index is 11.9. The third kappa shape index (κ3) is 5.58. The first-order valence-electron chi connectivity index (χ1n) is 7.99. The van der Waals surface area contributed by atoms with Crippen molar-refractivity contribution in [3.63, 3.8) is 0 Å². The Kier molecular flexibility index (Phi) is 5.64. The van der Waals surface area contributed by atoms with Gasteiger partial charge < -0.3 is 9.47 Å². The van der Waals surface area contributed by atoms with Gasteiger partial charge in [0.1, 0.15) is 11.5 Å². The third-order valence-electron chi connectivity index (χ3n) is 3.94. The lowest BCUT2D eigenvalue weighted by Crippen LogP contribution is -2.31. The second-order valence-corrected chi connectivity index (χ2v) is 7.03. The summed E-state index contributed by atoms with van der Waals surface area (Å²) in [5.41, 5.74) is 3.92. The molecule has 2 rings (SSSR count). The van der Waals surface area contributed by atoms with Gasteiger partial charge in [-0.25, -0.2) is 5.43 Å². The van der Waals surface area contributed by atoms with Crippen LogP contribution >= 0.6 is 0 Å². The lowest BCUT2D eigenvalue weighted by Gasteiger charge is -2.34. The number of hydrogen-bond acceptors (Lipinski definition) is 4. The fraction of sp³-hybridized carbons (Fsp3) is 0.556. The summed E-state index contributed by atoms with van der Waals surface area (Å²) in [6.07, 6.45) is 3.07. The Morgan fingerprint density at radius 3 is 2.57 bits per heavy atom. The summed E-state index contributed by atoms with van der Waals surface area (Å²) in [6.45, 7) is 6.66. The topological polar surface area (TPSA) is 59.9 Å². The number of ether oxygens (including phenoxy) is 2. The smallest absolute Gasteiger partial charge is 0.277 e. The van der Waals surface area contributed by atoms with Crippen molar-refractivity contribution in [2.45, 2.75) is 40.0 Å². The van der Waals surface area contributed by atoms with E-state index in [1.807, 2.05) is 0 Å². The molecule has 1 aliphatic carbocycles. The van der Waals surface area contributed by atoms with Crippen molar-refractivity contribution in [2.75, 3.05) is 13.7 Å². The number of hydrogen-bond donors (Lipinski definition) is 1. The molecule has 1 aliphatic rings. The van der Waals surface area contributed by atoms with Gasteiger partial charge >= 0.3 is 0 Å². The highest BCUT2D eigenvalue weighted by Crippen LogP contribution is 2.36. The van der Waals surface area contributed by atoms with Crippen molar-refractivity contribution in [2.24, 2.45) is 16.4 Å². The number of amides is 1. The maximum atomic E-state index is 11.9. The van der Waals surface area contributed by atoms with E-state index in [0.717, 1.165) is 24.3 Å². The molecular weight excluding hydrogens is 292 g/mol. The van der Waals surface area contributed by atoms with Gasteiger partial charge in [0.2, 0.25) is 0 Å². The van der Waals surface area contributed by atoms with Crippen molar-refractivity contribution in [3.8, 4) is 11.5 Å². The van der Waals surface area contributed by atoms with E-state index in [1.54, 1.807) is 31.4 Å². The first-order valence-corrected chi connectivity index (χ1v) is 7.99. The minimum Gasteiger partial charge on any atom is -0.497 e. The van der Waals surface area contributed by atoms with Gasteiger partial charge in [0.25, 0.3) is 5.91 Å². The van der Waals surface area contributed by atoms with Crippen LogP contribution in [0.5, 0.6) is 11.5 Å². The summed E-state index contributed by atoms with van der Waals surface area (Å²) in [5.74, 6) is 1.73. The van der Waals surface area contributed by atoms with Gasteiger partial charge in [0.05, 0.1) is 7.11 Å². The maximum Gasteiger partial charge on any atom is 0.277 e. The lowest BCUT2D eigenvalue weighted by atomic mass is 9.72. The normalized spacial score (nSPS) is 21.7. The van der Waals surface area contributed by atoms with E-state index in [4.69, 9.17) is 9.47 Å². The van der Waals surface area contributed by atoms with Gasteiger partial charge in [-0.1, -0.05) is 20.8 Å². The van der Waals surface area contributed by atoms with Crippen LogP contribution in [0.1, 0.15) is 40.0 Å². The molecule has 23 heavy (non-hydrogen) atoms. The van der Waals surface area contributed by atoms with E-state index < -0.39 is 0 Å². The molecule has 1 saturated carbocycles. The SMILES string of the molecule is COc1ccc(OCC(=O)NN=C2CC(C)CC(C)(C)C2)cc1. The van der Waals surface area contributed by atoms with Crippen LogP contribution in [0.2, 0.25) is 0 Å². The molecule has 0 saturated heterocycles. The van der Waals surface area contributed by atoms with Crippen molar-refractivity contribution in [3.05, 3.63) is 24.3 Å². The average molecular weight is 318 g/mol. The Morgan fingerprint density at radius 2 is 1.96 bits per heavy atom. The number of carbonyl (C=O) groups excluding carboxylic acids is 1. The standard InChI is InChI=1S/C18H26N2O3/c1-13-9-14(11-18(2,3)10-13)19-20-17(21)12-23-16-7-5-15(22-4)6-8-16/h5-8,13H,9-12H2,1-4H3,(H,20,21). The molecule has 5 nitrogen and oxygen atoms in total. The van der Waals surface area contributed by atoms with E-state index in [2.05, 4.69) is 31.3 Å². The van der Waals surface area contributed by atoms with Crippen LogP contribution in [-0.4, -0.2) is 25.3 Å². The van der Waals surface area contributed by atoms with E-state index in [0.29, 0.717) is 11.7 Å². The third-order valence-corrected chi connectivity index (χ3v) is 3.94. The zero-order valence-corrected chi connectivity index (χ0v) is 14.4. The lowest BCUT2D eigenvalue weighted by molar-refractivity contribution is -0.123. The fourth-order valence-corrected chi connectivity index (χ4v) is 3.19. The molecule has 0 spiro atoms. The summed E-state index contributed by atoms with van der Waals surface area (Å²) in [4.78, 5) is 11.9. The number of rotatable bonds is 5. The summed E-state index contributed by atoms with van der Waals surface area (Å²) in [6, 6.07) is 7.12. The molecule has 126 valence electrons. The Morgan fingerprint density at radius 1 is 1.30 bits per heavy atom. The molecule has 1 aromatic carbocycles. The van der Waals surface area contributed by atoms with Gasteiger partial charge in [0.15, 0.2) is 6.61 Å². The second kappa shape index (κ2) is 7.49. The average Bonchev–Trinajstić information content (AvgIpc) is 2.49. The molecular formula is C18H26N2O3. The van der Waals surface area contributed by atoms with E-state index in [1.165, 1.54) is 6.42 Å². The zero-order valence-electron chi connectivity index (χ0n) is 14.4. The van der Waals surface area contributed by atoms with Gasteiger partial charge in [-0.2, -0.15) is 5.10 Å². The molecule has 0 heterocycles. The highest BCUT2D eigenvalue weighted by molar-refractivity contribution is 5.87. The van der Waals surface area contributed by atoms with Crippen LogP contribution in [0, 0.1) is 11.3 Å². The molecule has 1 amide bonds. The number of nitrogens with one attached hydrogen (secondary N) is 1. The Hall–Kier alpha value is -2.04. The first-order chi connectivity index (χ1) is 10.9. The van der Waals surface area contributed by atoms with Crippen molar-refractivity contribution < 1.29 is 14.3 Å². The number of benzene rings is 1. The molecule has 1 unspecified atom stereocenters. The van der Waals surface area contributed by atoms with Gasteiger partial charge in [-0.15, -0.1) is 0 Å². The van der Waals surface area contributed by atoms with E-state index >= 15 is 0 Å². The summed E-state index contributed by atoms with van der Waals surface area (Å²) in [7, 11) is 1.61. The van der Waals surface area contributed by atoms with E-state index in [9.17, 15) is 4.79 Å². The highest BCUT2D eigenvalue weighted by Gasteiger charge is 2.29. The number of nitrogens with zero attached hydrogens (tertiary/aromatic N) is 1. The molecule has 0 aromatic heterocycles. The number of carbonyl (C=O) groups is 1. The number of hydrazone groups is 1. The molecule has 0 aliphatic heterocycles. The van der Waals surface area contributed by atoms with Crippen LogP contribution < -0.4 is 14.9 Å². The van der Waals surface area contributed by atoms with Crippen LogP contribution in [0.3, 0.4) is 0 Å². The van der Waals surface area contributed by atoms with Crippen LogP contribution in [0.25, 0.3) is 0 Å². The summed E-state index contributed by atoms with van der Waals surface area (Å²) in [5, 5.41) is 4.29. The quantitative estimate of drug-likeness (QED) is 0.847. The predicted octanol–water partition coefficient (Wildman–Crippen LogP) is 3.39. The zero-order chi connectivity index (χ0) is 16.9. The summed E-state index contributed by atoms with van der Waals surface area (Å²) < 4.78 is 10.5. The monoisotopic (exact) mass is 318 g/mol. The largest absolute Gasteiger partial charge is 0.497 e. The van der Waals surface area contributed by atoms with Crippen molar-refractivity contribution in [1.82, 2.24) is 5.43 Å².